The van der Waals surface area contributed by atoms with Crippen molar-refractivity contribution >= 4 is 32.3 Å². The fourth-order valence-electron chi connectivity index (χ4n) is 3.55. The molecule has 108 valence electrons. The van der Waals surface area contributed by atoms with Gasteiger partial charge in [0.2, 0.25) is 0 Å². The standard InChI is InChI=1S/C19H15ClOSi/c20-22-21-19(17-11-9-13-5-1-3-7-15(13)17)18-12-10-14-6-2-4-8-16(14)18/h1-12,17-19H. The summed E-state index contributed by atoms with van der Waals surface area (Å²) in [4.78, 5) is 0. The summed E-state index contributed by atoms with van der Waals surface area (Å²) in [6, 6.07) is 17.0. The lowest BCUT2D eigenvalue weighted by molar-refractivity contribution is 0.186. The van der Waals surface area contributed by atoms with E-state index in [1.54, 1.807) is 0 Å². The Morgan fingerprint density at radius 2 is 1.32 bits per heavy atom. The van der Waals surface area contributed by atoms with Crippen molar-refractivity contribution in [3.05, 3.63) is 82.9 Å². The normalized spacial score (nSPS) is 22.6. The molecule has 2 aliphatic carbocycles. The highest BCUT2D eigenvalue weighted by Gasteiger charge is 2.34. The molecule has 4 rings (SSSR count). The molecule has 0 N–H and O–H groups in total. The molecule has 0 aromatic heterocycles. The van der Waals surface area contributed by atoms with Gasteiger partial charge in [-0.25, -0.2) is 0 Å². The maximum atomic E-state index is 6.01. The van der Waals surface area contributed by atoms with Gasteiger partial charge in [-0.2, -0.15) is 0 Å². The Labute approximate surface area is 137 Å². The van der Waals surface area contributed by atoms with Gasteiger partial charge < -0.3 is 4.43 Å². The first-order valence-corrected chi connectivity index (χ1v) is 9.36. The molecule has 2 aromatic rings. The number of fused-ring (bicyclic) bond motifs is 2. The van der Waals surface area contributed by atoms with Gasteiger partial charge in [-0.05, 0) is 22.3 Å². The van der Waals surface area contributed by atoms with Gasteiger partial charge in [-0.1, -0.05) is 72.8 Å². The third kappa shape index (κ3) is 2.28. The van der Waals surface area contributed by atoms with Gasteiger partial charge in [0.1, 0.15) is 0 Å². The van der Waals surface area contributed by atoms with Crippen LogP contribution in [0.5, 0.6) is 0 Å². The lowest BCUT2D eigenvalue weighted by atomic mass is 9.84. The first kappa shape index (κ1) is 14.0. The van der Waals surface area contributed by atoms with Gasteiger partial charge in [0.15, 0.2) is 0 Å². The third-order valence-electron chi connectivity index (χ3n) is 4.57. The second-order valence-electron chi connectivity index (χ2n) is 5.69. The molecule has 2 aliphatic rings. The van der Waals surface area contributed by atoms with Crippen molar-refractivity contribution in [3.8, 4) is 0 Å². The van der Waals surface area contributed by atoms with Crippen molar-refractivity contribution in [3.63, 3.8) is 0 Å². The molecular formula is C19H15ClOSi. The third-order valence-corrected chi connectivity index (χ3v) is 5.19. The average Bonchev–Trinajstić information content (AvgIpc) is 3.17. The fourth-order valence-corrected chi connectivity index (χ4v) is 4.25. The second kappa shape index (κ2) is 5.88. The van der Waals surface area contributed by atoms with Gasteiger partial charge in [0.05, 0.1) is 6.10 Å². The highest BCUT2D eigenvalue weighted by Crippen LogP contribution is 2.43. The quantitative estimate of drug-likeness (QED) is 0.582. The van der Waals surface area contributed by atoms with Crippen LogP contribution in [0.25, 0.3) is 12.2 Å². The smallest absolute Gasteiger partial charge is 0.356 e. The summed E-state index contributed by atoms with van der Waals surface area (Å²) in [6.45, 7) is 0. The zero-order valence-electron chi connectivity index (χ0n) is 11.9. The lowest BCUT2D eigenvalue weighted by Gasteiger charge is -2.29. The summed E-state index contributed by atoms with van der Waals surface area (Å²) in [5, 5.41) is 0. The summed E-state index contributed by atoms with van der Waals surface area (Å²) in [7, 11) is -0.0298. The lowest BCUT2D eigenvalue weighted by Crippen LogP contribution is -2.27. The Morgan fingerprint density at radius 1 is 0.818 bits per heavy atom. The second-order valence-corrected chi connectivity index (χ2v) is 6.54. The van der Waals surface area contributed by atoms with Crippen LogP contribution in [0.2, 0.25) is 0 Å². The SMILES string of the molecule is Cl[Si]OC(C1C=Cc2ccccc21)C1C=Cc2ccccc21. The van der Waals surface area contributed by atoms with Crippen LogP contribution in [0.1, 0.15) is 34.1 Å². The van der Waals surface area contributed by atoms with Crippen molar-refractivity contribution < 1.29 is 4.43 Å². The number of halogens is 1. The minimum atomic E-state index is -0.0298. The van der Waals surface area contributed by atoms with Crippen LogP contribution in [0.4, 0.5) is 0 Å². The summed E-state index contributed by atoms with van der Waals surface area (Å²) in [5.74, 6) is 0.506. The predicted molar refractivity (Wildman–Crippen MR) is 92.9 cm³/mol. The van der Waals surface area contributed by atoms with E-state index in [4.69, 9.17) is 15.5 Å². The van der Waals surface area contributed by atoms with E-state index in [1.807, 2.05) is 0 Å². The van der Waals surface area contributed by atoms with Crippen LogP contribution in [0, 0.1) is 0 Å². The van der Waals surface area contributed by atoms with Gasteiger partial charge >= 0.3 is 9.07 Å². The topological polar surface area (TPSA) is 9.23 Å². The molecule has 0 amide bonds. The zero-order chi connectivity index (χ0) is 14.9. The molecule has 0 spiro atoms. The van der Waals surface area contributed by atoms with Crippen molar-refractivity contribution in [1.29, 1.82) is 0 Å². The molecule has 2 unspecified atom stereocenters. The van der Waals surface area contributed by atoms with E-state index in [9.17, 15) is 0 Å². The van der Waals surface area contributed by atoms with Crippen LogP contribution in [0.3, 0.4) is 0 Å². The van der Waals surface area contributed by atoms with Gasteiger partial charge in [0, 0.05) is 11.8 Å². The van der Waals surface area contributed by atoms with Gasteiger partial charge in [-0.3, -0.25) is 0 Å². The number of hydrogen-bond acceptors (Lipinski definition) is 1. The molecule has 0 heterocycles. The monoisotopic (exact) mass is 322 g/mol. The maximum absolute atomic E-state index is 6.01. The summed E-state index contributed by atoms with van der Waals surface area (Å²) >= 11 is 5.96. The van der Waals surface area contributed by atoms with Crippen LogP contribution < -0.4 is 0 Å². The predicted octanol–water partition coefficient (Wildman–Crippen LogP) is 4.77. The molecule has 0 saturated heterocycles. The molecule has 22 heavy (non-hydrogen) atoms. The number of benzene rings is 2. The van der Waals surface area contributed by atoms with E-state index in [2.05, 4.69) is 72.8 Å². The fraction of sp³-hybridized carbons (Fsp3) is 0.158. The molecule has 0 fully saturated rings. The molecule has 1 nitrogen and oxygen atoms in total. The van der Waals surface area contributed by atoms with E-state index in [0.717, 1.165) is 0 Å². The average molecular weight is 323 g/mol. The van der Waals surface area contributed by atoms with Crippen molar-refractivity contribution in [2.45, 2.75) is 17.9 Å². The molecule has 3 heteroatoms. The Kier molecular flexibility index (Phi) is 3.74. The van der Waals surface area contributed by atoms with Crippen molar-refractivity contribution in [2.24, 2.45) is 0 Å². The van der Waals surface area contributed by atoms with Crippen LogP contribution in [0.15, 0.2) is 60.7 Å². The molecular weight excluding hydrogens is 308 g/mol. The maximum Gasteiger partial charge on any atom is 0.356 e. The molecule has 0 bridgehead atoms. The van der Waals surface area contributed by atoms with E-state index in [1.165, 1.54) is 22.3 Å². The van der Waals surface area contributed by atoms with Crippen molar-refractivity contribution in [2.75, 3.05) is 0 Å². The zero-order valence-corrected chi connectivity index (χ0v) is 13.7. The highest BCUT2D eigenvalue weighted by atomic mass is 35.6. The Bertz CT molecular complexity index is 691. The summed E-state index contributed by atoms with van der Waals surface area (Å²) in [5.41, 5.74) is 5.24. The van der Waals surface area contributed by atoms with E-state index in [0.29, 0.717) is 0 Å². The Hall–Kier alpha value is -1.61. The molecule has 0 aliphatic heterocycles. The summed E-state index contributed by atoms with van der Waals surface area (Å²) in [6.07, 6.45) is 8.93. The minimum absolute atomic E-state index is 0.0298. The van der Waals surface area contributed by atoms with E-state index in [-0.39, 0.29) is 27.0 Å². The first-order valence-electron chi connectivity index (χ1n) is 7.44. The first-order chi connectivity index (χ1) is 10.9. The van der Waals surface area contributed by atoms with Crippen molar-refractivity contribution in [1.82, 2.24) is 0 Å². The highest BCUT2D eigenvalue weighted by molar-refractivity contribution is 6.90. The van der Waals surface area contributed by atoms with Crippen LogP contribution in [-0.4, -0.2) is 15.2 Å². The Balaban J connectivity index is 1.72. The molecule has 2 aromatic carbocycles. The van der Waals surface area contributed by atoms with Crippen LogP contribution in [-0.2, 0) is 4.43 Å². The van der Waals surface area contributed by atoms with Gasteiger partial charge in [-0.15, -0.1) is 11.1 Å². The molecule has 2 radical (unpaired) electrons. The number of hydrogen-bond donors (Lipinski definition) is 0. The van der Waals surface area contributed by atoms with E-state index >= 15 is 0 Å². The van der Waals surface area contributed by atoms with Crippen LogP contribution >= 0.6 is 11.1 Å². The Morgan fingerprint density at radius 3 is 1.82 bits per heavy atom. The van der Waals surface area contributed by atoms with Gasteiger partial charge in [0.25, 0.3) is 0 Å². The molecule has 2 atom stereocenters. The summed E-state index contributed by atoms with van der Waals surface area (Å²) < 4.78 is 6.01. The largest absolute Gasteiger partial charge is 0.398 e. The molecule has 0 saturated carbocycles. The minimum Gasteiger partial charge on any atom is -0.398 e. The number of rotatable bonds is 4. The van der Waals surface area contributed by atoms with E-state index < -0.39 is 0 Å².